The zero-order valence-electron chi connectivity index (χ0n) is 19.1. The van der Waals surface area contributed by atoms with Crippen LogP contribution in [0.15, 0.2) is 35.3 Å². The Labute approximate surface area is 187 Å². The number of hydrogen-bond acceptors (Lipinski definition) is 5. The maximum Gasteiger partial charge on any atom is 0.276 e. The summed E-state index contributed by atoms with van der Waals surface area (Å²) in [5.41, 5.74) is 4.07. The summed E-state index contributed by atoms with van der Waals surface area (Å²) in [5, 5.41) is 8.64. The minimum atomic E-state index is -0.228. The molecule has 8 heteroatoms. The SMILES string of the molecule is Cc1ccc(Cn2c(C)c3cnn(CC(=O)NCCN4CCOCC4)c(=O)c3c2C)cc1. The summed E-state index contributed by atoms with van der Waals surface area (Å²) >= 11 is 0. The van der Waals surface area contributed by atoms with Crippen molar-refractivity contribution in [3.8, 4) is 0 Å². The van der Waals surface area contributed by atoms with Crippen LogP contribution in [-0.2, 0) is 22.6 Å². The molecule has 2 aromatic heterocycles. The van der Waals surface area contributed by atoms with E-state index in [1.54, 1.807) is 6.20 Å². The lowest BCUT2D eigenvalue weighted by molar-refractivity contribution is -0.122. The molecular weight excluding hydrogens is 406 g/mol. The molecule has 1 N–H and O–H groups in total. The fourth-order valence-electron chi connectivity index (χ4n) is 4.24. The molecule has 3 aromatic rings. The molecule has 1 aromatic carbocycles. The fraction of sp³-hybridized carbons (Fsp3) is 0.458. The average molecular weight is 438 g/mol. The van der Waals surface area contributed by atoms with Crippen LogP contribution in [0.4, 0.5) is 0 Å². The second kappa shape index (κ2) is 9.67. The smallest absolute Gasteiger partial charge is 0.276 e. The summed E-state index contributed by atoms with van der Waals surface area (Å²) in [4.78, 5) is 27.8. The van der Waals surface area contributed by atoms with Crippen molar-refractivity contribution in [3.63, 3.8) is 0 Å². The van der Waals surface area contributed by atoms with Gasteiger partial charge in [0, 0.05) is 49.5 Å². The van der Waals surface area contributed by atoms with Gasteiger partial charge in [0.25, 0.3) is 5.56 Å². The van der Waals surface area contributed by atoms with Gasteiger partial charge in [-0.3, -0.25) is 14.5 Å². The standard InChI is InChI=1S/C24H31N5O3/c1-17-4-6-20(7-5-17)15-28-18(2)21-14-26-29(24(31)23(21)19(28)3)16-22(30)25-8-9-27-10-12-32-13-11-27/h4-7,14H,8-13,15-16H2,1-3H3,(H,25,30). The van der Waals surface area contributed by atoms with Crippen molar-refractivity contribution in [2.24, 2.45) is 0 Å². The average Bonchev–Trinajstić information content (AvgIpc) is 3.03. The molecule has 0 radical (unpaired) electrons. The Morgan fingerprint density at radius 3 is 2.53 bits per heavy atom. The Hall–Kier alpha value is -2.97. The van der Waals surface area contributed by atoms with E-state index in [1.807, 2.05) is 13.8 Å². The molecule has 8 nitrogen and oxygen atoms in total. The highest BCUT2D eigenvalue weighted by Crippen LogP contribution is 2.23. The normalized spacial score (nSPS) is 14.7. The molecule has 1 aliphatic rings. The Kier molecular flexibility index (Phi) is 6.72. The predicted octanol–water partition coefficient (Wildman–Crippen LogP) is 1.62. The molecule has 1 amide bonds. The van der Waals surface area contributed by atoms with Crippen LogP contribution in [0.5, 0.6) is 0 Å². The largest absolute Gasteiger partial charge is 0.379 e. The highest BCUT2D eigenvalue weighted by molar-refractivity contribution is 5.87. The van der Waals surface area contributed by atoms with Crippen LogP contribution in [0.25, 0.3) is 10.8 Å². The van der Waals surface area contributed by atoms with E-state index in [1.165, 1.54) is 15.8 Å². The van der Waals surface area contributed by atoms with Gasteiger partial charge in [0.1, 0.15) is 6.54 Å². The van der Waals surface area contributed by atoms with Crippen LogP contribution in [-0.4, -0.2) is 64.5 Å². The summed E-state index contributed by atoms with van der Waals surface area (Å²) in [6, 6.07) is 8.40. The van der Waals surface area contributed by atoms with Crippen molar-refractivity contribution in [1.29, 1.82) is 0 Å². The van der Waals surface area contributed by atoms with Crippen LogP contribution in [0.1, 0.15) is 22.5 Å². The van der Waals surface area contributed by atoms with Gasteiger partial charge in [-0.1, -0.05) is 29.8 Å². The molecule has 3 heterocycles. The van der Waals surface area contributed by atoms with Crippen LogP contribution in [0.3, 0.4) is 0 Å². The fourth-order valence-corrected chi connectivity index (χ4v) is 4.24. The molecular formula is C24H31N5O3. The van der Waals surface area contributed by atoms with Crippen molar-refractivity contribution in [3.05, 3.63) is 63.3 Å². The second-order valence-electron chi connectivity index (χ2n) is 8.44. The number of amides is 1. The monoisotopic (exact) mass is 437 g/mol. The van der Waals surface area contributed by atoms with Gasteiger partial charge in [0.15, 0.2) is 0 Å². The number of morpholine rings is 1. The van der Waals surface area contributed by atoms with E-state index in [2.05, 4.69) is 51.1 Å². The van der Waals surface area contributed by atoms with Crippen LogP contribution in [0, 0.1) is 20.8 Å². The minimum absolute atomic E-state index is 0.0838. The first-order valence-corrected chi connectivity index (χ1v) is 11.1. The predicted molar refractivity (Wildman–Crippen MR) is 124 cm³/mol. The number of aryl methyl sites for hydroxylation is 3. The van der Waals surface area contributed by atoms with Crippen LogP contribution < -0.4 is 10.9 Å². The third kappa shape index (κ3) is 4.76. The van der Waals surface area contributed by atoms with E-state index in [4.69, 9.17) is 4.74 Å². The van der Waals surface area contributed by atoms with E-state index < -0.39 is 0 Å². The zero-order valence-corrected chi connectivity index (χ0v) is 19.1. The first-order chi connectivity index (χ1) is 15.4. The molecule has 0 bridgehead atoms. The number of benzene rings is 1. The van der Waals surface area contributed by atoms with Gasteiger partial charge < -0.3 is 14.6 Å². The lowest BCUT2D eigenvalue weighted by Gasteiger charge is -2.26. The topological polar surface area (TPSA) is 81.4 Å². The molecule has 170 valence electrons. The van der Waals surface area contributed by atoms with Crippen LogP contribution in [0.2, 0.25) is 0 Å². The van der Waals surface area contributed by atoms with E-state index >= 15 is 0 Å². The summed E-state index contributed by atoms with van der Waals surface area (Å²) in [5.74, 6) is -0.208. The van der Waals surface area contributed by atoms with Crippen molar-refractivity contribution >= 4 is 16.7 Å². The van der Waals surface area contributed by atoms with Crippen molar-refractivity contribution in [1.82, 2.24) is 24.6 Å². The van der Waals surface area contributed by atoms with Gasteiger partial charge >= 0.3 is 0 Å². The Balaban J connectivity index is 1.48. The number of ether oxygens (including phenoxy) is 1. The van der Waals surface area contributed by atoms with Gasteiger partial charge in [-0.2, -0.15) is 5.10 Å². The Bertz CT molecular complexity index is 1160. The molecule has 0 unspecified atom stereocenters. The van der Waals surface area contributed by atoms with Crippen molar-refractivity contribution < 1.29 is 9.53 Å². The van der Waals surface area contributed by atoms with Gasteiger partial charge in [0.05, 0.1) is 24.8 Å². The lowest BCUT2D eigenvalue weighted by atomic mass is 10.1. The molecule has 1 saturated heterocycles. The second-order valence-corrected chi connectivity index (χ2v) is 8.44. The summed E-state index contributed by atoms with van der Waals surface area (Å²) < 4.78 is 8.74. The number of carbonyl (C=O) groups is 1. The highest BCUT2D eigenvalue weighted by atomic mass is 16.5. The quantitative estimate of drug-likeness (QED) is 0.608. The van der Waals surface area contributed by atoms with Crippen LogP contribution >= 0.6 is 0 Å². The molecule has 1 aliphatic heterocycles. The number of carbonyl (C=O) groups excluding carboxylic acids is 1. The van der Waals surface area contributed by atoms with E-state index in [0.717, 1.165) is 49.6 Å². The van der Waals surface area contributed by atoms with Gasteiger partial charge in [-0.05, 0) is 26.3 Å². The first kappa shape index (κ1) is 22.2. The Morgan fingerprint density at radius 1 is 1.09 bits per heavy atom. The van der Waals surface area contributed by atoms with Gasteiger partial charge in [0.2, 0.25) is 5.91 Å². The number of nitrogens with zero attached hydrogens (tertiary/aromatic N) is 4. The number of hydrogen-bond donors (Lipinski definition) is 1. The maximum atomic E-state index is 13.2. The van der Waals surface area contributed by atoms with Crippen molar-refractivity contribution in [2.45, 2.75) is 33.9 Å². The molecule has 1 fully saturated rings. The van der Waals surface area contributed by atoms with Gasteiger partial charge in [-0.25, -0.2) is 4.68 Å². The van der Waals surface area contributed by atoms with E-state index in [-0.39, 0.29) is 18.0 Å². The molecule has 0 saturated carbocycles. The number of nitrogens with one attached hydrogen (secondary N) is 1. The van der Waals surface area contributed by atoms with Crippen molar-refractivity contribution in [2.75, 3.05) is 39.4 Å². The molecule has 0 atom stereocenters. The first-order valence-electron chi connectivity index (χ1n) is 11.1. The molecule has 0 spiro atoms. The minimum Gasteiger partial charge on any atom is -0.379 e. The molecule has 0 aliphatic carbocycles. The third-order valence-electron chi connectivity index (χ3n) is 6.21. The number of fused-ring (bicyclic) bond motifs is 1. The summed E-state index contributed by atoms with van der Waals surface area (Å²) in [6.07, 6.45) is 1.70. The number of aromatic nitrogens is 3. The summed E-state index contributed by atoms with van der Waals surface area (Å²) in [6.45, 7) is 11.2. The number of rotatable bonds is 7. The molecule has 32 heavy (non-hydrogen) atoms. The van der Waals surface area contributed by atoms with E-state index in [0.29, 0.717) is 18.5 Å². The summed E-state index contributed by atoms with van der Waals surface area (Å²) in [7, 11) is 0. The third-order valence-corrected chi connectivity index (χ3v) is 6.21. The van der Waals surface area contributed by atoms with E-state index in [9.17, 15) is 9.59 Å². The zero-order chi connectivity index (χ0) is 22.7. The van der Waals surface area contributed by atoms with Gasteiger partial charge in [-0.15, -0.1) is 0 Å². The maximum absolute atomic E-state index is 13.2. The molecule has 4 rings (SSSR count). The lowest BCUT2D eigenvalue weighted by Crippen LogP contribution is -2.42. The highest BCUT2D eigenvalue weighted by Gasteiger charge is 2.18. The Morgan fingerprint density at radius 2 is 1.81 bits per heavy atom.